The number of nitrogens with zero attached hydrogens (tertiary/aromatic N) is 2. The molecule has 0 spiro atoms. The molecule has 0 aliphatic carbocycles. The third-order valence-corrected chi connectivity index (χ3v) is 3.32. The zero-order chi connectivity index (χ0) is 12.8. The van der Waals surface area contributed by atoms with Crippen LogP contribution in [0.4, 0.5) is 5.69 Å². The predicted octanol–water partition coefficient (Wildman–Crippen LogP) is 3.04. The first-order chi connectivity index (χ1) is 8.04. The van der Waals surface area contributed by atoms with Crippen molar-refractivity contribution in [2.75, 3.05) is 25.6 Å². The highest BCUT2D eigenvalue weighted by molar-refractivity contribution is 7.98. The lowest BCUT2D eigenvalue weighted by molar-refractivity contribution is -0.384. The van der Waals surface area contributed by atoms with Crippen LogP contribution in [-0.2, 0) is 6.54 Å². The van der Waals surface area contributed by atoms with Crippen LogP contribution in [0.3, 0.4) is 0 Å². The maximum absolute atomic E-state index is 10.7. The third kappa shape index (κ3) is 4.53. The fourth-order valence-electron chi connectivity index (χ4n) is 1.41. The van der Waals surface area contributed by atoms with E-state index in [1.54, 1.807) is 17.8 Å². The van der Waals surface area contributed by atoms with Gasteiger partial charge in [0.2, 0.25) is 0 Å². The molecule has 0 aliphatic heterocycles. The van der Waals surface area contributed by atoms with Gasteiger partial charge in [-0.2, -0.15) is 11.8 Å². The third-order valence-electron chi connectivity index (χ3n) is 2.36. The molecule has 17 heavy (non-hydrogen) atoms. The van der Waals surface area contributed by atoms with Gasteiger partial charge in [0.15, 0.2) is 0 Å². The number of non-ortho nitro benzene ring substituents is 1. The zero-order valence-corrected chi connectivity index (χ0v) is 11.4. The molecule has 0 aromatic heterocycles. The van der Waals surface area contributed by atoms with Crippen LogP contribution in [0.25, 0.3) is 0 Å². The van der Waals surface area contributed by atoms with Gasteiger partial charge in [-0.05, 0) is 24.9 Å². The zero-order valence-electron chi connectivity index (χ0n) is 9.85. The summed E-state index contributed by atoms with van der Waals surface area (Å²) in [6.45, 7) is 1.56. The summed E-state index contributed by atoms with van der Waals surface area (Å²) in [6, 6.07) is 4.54. The molecular weight excluding hydrogens is 260 g/mol. The van der Waals surface area contributed by atoms with Crippen molar-refractivity contribution in [3.63, 3.8) is 0 Å². The summed E-state index contributed by atoms with van der Waals surface area (Å²) in [7, 11) is 1.98. The maximum Gasteiger partial charge on any atom is 0.269 e. The van der Waals surface area contributed by atoms with E-state index in [4.69, 9.17) is 11.6 Å². The van der Waals surface area contributed by atoms with Gasteiger partial charge in [0.05, 0.1) is 4.92 Å². The number of hydrogen-bond donors (Lipinski definition) is 0. The Bertz CT molecular complexity index is 401. The van der Waals surface area contributed by atoms with Gasteiger partial charge in [-0.1, -0.05) is 11.6 Å². The number of hydrogen-bond acceptors (Lipinski definition) is 4. The molecule has 0 radical (unpaired) electrons. The lowest BCUT2D eigenvalue weighted by Gasteiger charge is -2.16. The molecule has 1 aromatic rings. The molecule has 0 unspecified atom stereocenters. The Hall–Kier alpha value is -0.780. The number of nitro groups is 1. The van der Waals surface area contributed by atoms with Crippen LogP contribution in [-0.4, -0.2) is 35.4 Å². The molecule has 6 heteroatoms. The number of benzene rings is 1. The van der Waals surface area contributed by atoms with Crippen LogP contribution >= 0.6 is 23.4 Å². The second-order valence-corrected chi connectivity index (χ2v) is 5.16. The number of nitro benzene ring substituents is 1. The van der Waals surface area contributed by atoms with Crippen LogP contribution < -0.4 is 0 Å². The highest BCUT2D eigenvalue weighted by Gasteiger charge is 2.11. The highest BCUT2D eigenvalue weighted by atomic mass is 35.5. The maximum atomic E-state index is 10.7. The molecule has 0 amide bonds. The van der Waals surface area contributed by atoms with E-state index < -0.39 is 4.92 Å². The van der Waals surface area contributed by atoms with Crippen molar-refractivity contribution in [2.24, 2.45) is 0 Å². The lowest BCUT2D eigenvalue weighted by Crippen LogP contribution is -2.20. The first-order valence-corrected chi connectivity index (χ1v) is 6.92. The van der Waals surface area contributed by atoms with Gasteiger partial charge in [0, 0.05) is 36.0 Å². The fourth-order valence-corrected chi connectivity index (χ4v) is 2.08. The second kappa shape index (κ2) is 6.83. The van der Waals surface area contributed by atoms with Crippen LogP contribution in [0.15, 0.2) is 18.2 Å². The standard InChI is InChI=1S/C11H15ClN2O2S/c1-13(5-6-17-2)8-9-7-10(14(15)16)3-4-11(9)12/h3-4,7H,5-6,8H2,1-2H3. The van der Waals surface area contributed by atoms with E-state index in [9.17, 15) is 10.1 Å². The van der Waals surface area contributed by atoms with E-state index in [1.807, 2.05) is 13.3 Å². The van der Waals surface area contributed by atoms with Crippen molar-refractivity contribution < 1.29 is 4.92 Å². The van der Waals surface area contributed by atoms with E-state index in [0.29, 0.717) is 11.6 Å². The molecule has 0 atom stereocenters. The highest BCUT2D eigenvalue weighted by Crippen LogP contribution is 2.23. The Labute approximate surface area is 110 Å². The minimum atomic E-state index is -0.401. The Kier molecular flexibility index (Phi) is 5.74. The molecule has 0 saturated heterocycles. The van der Waals surface area contributed by atoms with Crippen molar-refractivity contribution in [2.45, 2.75) is 6.54 Å². The van der Waals surface area contributed by atoms with Crippen molar-refractivity contribution in [1.82, 2.24) is 4.90 Å². The molecule has 1 aromatic carbocycles. The van der Waals surface area contributed by atoms with Crippen molar-refractivity contribution in [3.8, 4) is 0 Å². The van der Waals surface area contributed by atoms with Gasteiger partial charge < -0.3 is 4.90 Å². The quantitative estimate of drug-likeness (QED) is 0.591. The van der Waals surface area contributed by atoms with Gasteiger partial charge in [0.25, 0.3) is 5.69 Å². The Morgan fingerprint density at radius 2 is 2.24 bits per heavy atom. The smallest absolute Gasteiger partial charge is 0.269 e. The van der Waals surface area contributed by atoms with E-state index in [0.717, 1.165) is 17.9 Å². The minimum Gasteiger partial charge on any atom is -0.301 e. The summed E-state index contributed by atoms with van der Waals surface area (Å²) in [5.74, 6) is 1.03. The first-order valence-electron chi connectivity index (χ1n) is 5.15. The fraction of sp³-hybridized carbons (Fsp3) is 0.455. The Morgan fingerprint density at radius 3 is 2.82 bits per heavy atom. The molecule has 94 valence electrons. The minimum absolute atomic E-state index is 0.0858. The summed E-state index contributed by atoms with van der Waals surface area (Å²) in [4.78, 5) is 12.4. The molecule has 0 bridgehead atoms. The van der Waals surface area contributed by atoms with Gasteiger partial charge in [-0.15, -0.1) is 0 Å². The second-order valence-electron chi connectivity index (χ2n) is 3.76. The summed E-state index contributed by atoms with van der Waals surface area (Å²) < 4.78 is 0. The summed E-state index contributed by atoms with van der Waals surface area (Å²) in [5.41, 5.74) is 0.882. The van der Waals surface area contributed by atoms with Crippen LogP contribution in [0.1, 0.15) is 5.56 Å². The molecule has 0 aliphatic rings. The average molecular weight is 275 g/mol. The van der Waals surface area contributed by atoms with Gasteiger partial charge in [-0.3, -0.25) is 10.1 Å². The Morgan fingerprint density at radius 1 is 1.53 bits per heavy atom. The van der Waals surface area contributed by atoms with Gasteiger partial charge >= 0.3 is 0 Å². The average Bonchev–Trinajstić information content (AvgIpc) is 2.29. The van der Waals surface area contributed by atoms with Crippen LogP contribution in [0.2, 0.25) is 5.02 Å². The summed E-state index contributed by atoms with van der Waals surface area (Å²) in [5, 5.41) is 11.2. The largest absolute Gasteiger partial charge is 0.301 e. The van der Waals surface area contributed by atoms with Gasteiger partial charge in [-0.25, -0.2) is 0 Å². The van der Waals surface area contributed by atoms with Crippen LogP contribution in [0.5, 0.6) is 0 Å². The first kappa shape index (κ1) is 14.3. The number of thioether (sulfide) groups is 1. The summed E-state index contributed by atoms with van der Waals surface area (Å²) in [6.07, 6.45) is 2.05. The van der Waals surface area contributed by atoms with E-state index in [-0.39, 0.29) is 5.69 Å². The molecule has 4 nitrogen and oxygen atoms in total. The van der Waals surface area contributed by atoms with E-state index >= 15 is 0 Å². The predicted molar refractivity (Wildman–Crippen MR) is 72.8 cm³/mol. The van der Waals surface area contributed by atoms with Crippen molar-refractivity contribution >= 4 is 29.1 Å². The Balaban J connectivity index is 2.75. The molecular formula is C11H15ClN2O2S. The van der Waals surface area contributed by atoms with Crippen LogP contribution in [0, 0.1) is 10.1 Å². The summed E-state index contributed by atoms with van der Waals surface area (Å²) >= 11 is 7.79. The monoisotopic (exact) mass is 274 g/mol. The van der Waals surface area contributed by atoms with E-state index in [1.165, 1.54) is 12.1 Å². The van der Waals surface area contributed by atoms with Crippen molar-refractivity contribution in [3.05, 3.63) is 38.9 Å². The molecule has 0 saturated carbocycles. The number of rotatable bonds is 6. The molecule has 1 rings (SSSR count). The number of halogens is 1. The molecule has 0 N–H and O–H groups in total. The molecule has 0 fully saturated rings. The van der Waals surface area contributed by atoms with Gasteiger partial charge in [0.1, 0.15) is 0 Å². The van der Waals surface area contributed by atoms with Crippen molar-refractivity contribution in [1.29, 1.82) is 0 Å². The molecule has 0 heterocycles. The topological polar surface area (TPSA) is 46.4 Å². The lowest BCUT2D eigenvalue weighted by atomic mass is 10.2. The van der Waals surface area contributed by atoms with E-state index in [2.05, 4.69) is 4.90 Å². The normalized spacial score (nSPS) is 10.8. The SMILES string of the molecule is CSCCN(C)Cc1cc([N+](=O)[O-])ccc1Cl.